The molecule has 0 radical (unpaired) electrons. The maximum atomic E-state index is 14.1. The molecule has 21 heavy (non-hydrogen) atoms. The van der Waals surface area contributed by atoms with Crippen molar-refractivity contribution in [2.75, 3.05) is 0 Å². The minimum absolute atomic E-state index is 0.0471. The summed E-state index contributed by atoms with van der Waals surface area (Å²) in [6.07, 6.45) is 0. The highest BCUT2D eigenvalue weighted by atomic mass is 35.5. The molecule has 108 valence electrons. The number of aromatic nitrogens is 4. The summed E-state index contributed by atoms with van der Waals surface area (Å²) in [7, 11) is 0. The van der Waals surface area contributed by atoms with Gasteiger partial charge in [-0.3, -0.25) is 4.40 Å². The van der Waals surface area contributed by atoms with Crippen molar-refractivity contribution >= 4 is 28.8 Å². The normalized spacial score (nSPS) is 11.3. The quantitative estimate of drug-likeness (QED) is 0.634. The number of nitrogens with zero attached hydrogens (tertiary/aromatic N) is 4. The minimum atomic E-state index is -0.737. The predicted molar refractivity (Wildman–Crippen MR) is 75.6 cm³/mol. The Hall–Kier alpha value is -1.79. The molecule has 0 bridgehead atoms. The first kappa shape index (κ1) is 14.2. The molecular formula is C13H8Cl2F2N4. The number of rotatable bonds is 1. The second kappa shape index (κ2) is 4.89. The van der Waals surface area contributed by atoms with Crippen molar-refractivity contribution in [1.29, 1.82) is 0 Å². The van der Waals surface area contributed by atoms with E-state index < -0.39 is 11.6 Å². The third-order valence-corrected chi connectivity index (χ3v) is 3.77. The van der Waals surface area contributed by atoms with Crippen LogP contribution in [0.25, 0.3) is 17.0 Å². The summed E-state index contributed by atoms with van der Waals surface area (Å²) in [5.41, 5.74) is 1.56. The van der Waals surface area contributed by atoms with Gasteiger partial charge in [-0.15, -0.1) is 10.2 Å². The third kappa shape index (κ3) is 2.15. The molecular weight excluding hydrogens is 321 g/mol. The lowest BCUT2D eigenvalue weighted by molar-refractivity contribution is 0.602. The number of hydrogen-bond donors (Lipinski definition) is 0. The van der Waals surface area contributed by atoms with Gasteiger partial charge in [0.2, 0.25) is 0 Å². The molecule has 0 saturated carbocycles. The van der Waals surface area contributed by atoms with Crippen molar-refractivity contribution in [3.63, 3.8) is 0 Å². The zero-order chi connectivity index (χ0) is 15.3. The Balaban J connectivity index is 2.39. The first-order valence-corrected chi connectivity index (χ1v) is 6.68. The fourth-order valence-corrected chi connectivity index (χ4v) is 2.44. The third-order valence-electron chi connectivity index (χ3n) is 3.22. The topological polar surface area (TPSA) is 43.1 Å². The van der Waals surface area contributed by atoms with Gasteiger partial charge in [-0.2, -0.15) is 0 Å². The number of halogens is 4. The Morgan fingerprint density at radius 1 is 1.05 bits per heavy atom. The van der Waals surface area contributed by atoms with Crippen LogP contribution in [0.2, 0.25) is 10.2 Å². The molecule has 0 unspecified atom stereocenters. The second-order valence-electron chi connectivity index (χ2n) is 4.50. The van der Waals surface area contributed by atoms with Crippen LogP contribution in [0.15, 0.2) is 12.1 Å². The van der Waals surface area contributed by atoms with Gasteiger partial charge in [0.25, 0.3) is 0 Å². The summed E-state index contributed by atoms with van der Waals surface area (Å²) >= 11 is 11.6. The first-order chi connectivity index (χ1) is 9.90. The number of benzene rings is 1. The highest BCUT2D eigenvalue weighted by molar-refractivity contribution is 6.32. The van der Waals surface area contributed by atoms with Crippen LogP contribution in [0.3, 0.4) is 0 Å². The number of fused-ring (bicyclic) bond motifs is 1. The fourth-order valence-electron chi connectivity index (χ4n) is 2.04. The Morgan fingerprint density at radius 3 is 2.48 bits per heavy atom. The van der Waals surface area contributed by atoms with E-state index in [1.165, 1.54) is 4.40 Å². The van der Waals surface area contributed by atoms with Crippen molar-refractivity contribution in [1.82, 2.24) is 19.6 Å². The van der Waals surface area contributed by atoms with Crippen LogP contribution in [0.5, 0.6) is 0 Å². The Morgan fingerprint density at radius 2 is 1.76 bits per heavy atom. The molecule has 3 rings (SSSR count). The van der Waals surface area contributed by atoms with Crippen LogP contribution >= 0.6 is 23.2 Å². The zero-order valence-electron chi connectivity index (χ0n) is 11.0. The van der Waals surface area contributed by atoms with E-state index in [0.717, 1.165) is 12.1 Å². The molecule has 0 aliphatic carbocycles. The molecule has 3 aromatic rings. The smallest absolute Gasteiger partial charge is 0.199 e. The van der Waals surface area contributed by atoms with E-state index in [1.54, 1.807) is 13.8 Å². The van der Waals surface area contributed by atoms with Gasteiger partial charge in [0.1, 0.15) is 11.6 Å². The van der Waals surface area contributed by atoms with E-state index in [1.807, 2.05) is 0 Å². The molecule has 8 heteroatoms. The summed E-state index contributed by atoms with van der Waals surface area (Å²) in [5.74, 6) is -1.29. The summed E-state index contributed by atoms with van der Waals surface area (Å²) in [6, 6.07) is 1.88. The molecule has 0 aliphatic heterocycles. The van der Waals surface area contributed by atoms with Crippen LogP contribution in [0, 0.1) is 25.5 Å². The molecule has 0 fully saturated rings. The zero-order valence-corrected chi connectivity index (χ0v) is 12.5. The lowest BCUT2D eigenvalue weighted by Gasteiger charge is -2.08. The summed E-state index contributed by atoms with van der Waals surface area (Å²) in [6.45, 7) is 3.52. The Bertz CT molecular complexity index is 876. The molecule has 0 saturated heterocycles. The van der Waals surface area contributed by atoms with Crippen molar-refractivity contribution in [3.8, 4) is 11.4 Å². The largest absolute Gasteiger partial charge is 0.275 e. The first-order valence-electron chi connectivity index (χ1n) is 5.93. The predicted octanol–water partition coefficient (Wildman–Crippen LogP) is 3.99. The van der Waals surface area contributed by atoms with E-state index in [9.17, 15) is 8.78 Å². The van der Waals surface area contributed by atoms with Gasteiger partial charge >= 0.3 is 0 Å². The van der Waals surface area contributed by atoms with E-state index in [2.05, 4.69) is 15.2 Å². The highest BCUT2D eigenvalue weighted by Gasteiger charge is 2.19. The van der Waals surface area contributed by atoms with E-state index >= 15 is 0 Å². The lowest BCUT2D eigenvalue weighted by Crippen LogP contribution is -2.02. The van der Waals surface area contributed by atoms with Crippen molar-refractivity contribution in [2.24, 2.45) is 0 Å². The average Bonchev–Trinajstić information content (AvgIpc) is 2.85. The van der Waals surface area contributed by atoms with Crippen LogP contribution in [-0.4, -0.2) is 19.6 Å². The van der Waals surface area contributed by atoms with Crippen molar-refractivity contribution in [3.05, 3.63) is 45.3 Å². The van der Waals surface area contributed by atoms with Gasteiger partial charge < -0.3 is 0 Å². The van der Waals surface area contributed by atoms with E-state index in [-0.39, 0.29) is 27.2 Å². The fraction of sp³-hybridized carbons (Fsp3) is 0.154. The monoisotopic (exact) mass is 328 g/mol. The molecule has 4 nitrogen and oxygen atoms in total. The van der Waals surface area contributed by atoms with Crippen LogP contribution in [-0.2, 0) is 0 Å². The average molecular weight is 329 g/mol. The van der Waals surface area contributed by atoms with Gasteiger partial charge in [0, 0.05) is 5.69 Å². The Labute approximate surface area is 128 Å². The summed E-state index contributed by atoms with van der Waals surface area (Å²) in [5, 5.41) is 7.64. The summed E-state index contributed by atoms with van der Waals surface area (Å²) < 4.78 is 29.2. The molecule has 0 N–H and O–H groups in total. The van der Waals surface area contributed by atoms with Crippen LogP contribution in [0.1, 0.15) is 11.4 Å². The molecule has 2 aromatic heterocycles. The van der Waals surface area contributed by atoms with Gasteiger partial charge in [-0.1, -0.05) is 23.2 Å². The SMILES string of the molecule is Cc1nc(Cl)c2nnc(-c3cc(F)c(Cl)cc3F)n2c1C. The molecule has 0 amide bonds. The maximum Gasteiger partial charge on any atom is 0.199 e. The maximum absolute atomic E-state index is 14.1. The molecule has 0 atom stereocenters. The molecule has 2 heterocycles. The van der Waals surface area contributed by atoms with Gasteiger partial charge in [0.05, 0.1) is 16.3 Å². The van der Waals surface area contributed by atoms with Crippen LogP contribution < -0.4 is 0 Å². The summed E-state index contributed by atoms with van der Waals surface area (Å²) in [4.78, 5) is 4.12. The molecule has 1 aromatic carbocycles. The Kier molecular flexibility index (Phi) is 3.30. The molecule has 0 spiro atoms. The van der Waals surface area contributed by atoms with Gasteiger partial charge in [-0.05, 0) is 26.0 Å². The minimum Gasteiger partial charge on any atom is -0.275 e. The second-order valence-corrected chi connectivity index (χ2v) is 5.27. The van der Waals surface area contributed by atoms with Crippen LogP contribution in [0.4, 0.5) is 8.78 Å². The van der Waals surface area contributed by atoms with Gasteiger partial charge in [-0.25, -0.2) is 13.8 Å². The molecule has 0 aliphatic rings. The highest BCUT2D eigenvalue weighted by Crippen LogP contribution is 2.29. The van der Waals surface area contributed by atoms with E-state index in [0.29, 0.717) is 11.4 Å². The van der Waals surface area contributed by atoms with E-state index in [4.69, 9.17) is 23.2 Å². The van der Waals surface area contributed by atoms with Gasteiger partial charge in [0.15, 0.2) is 16.6 Å². The standard InChI is InChI=1S/C13H8Cl2F2N4/c1-5-6(2)21-12(19-20-13(21)11(15)18-5)7-3-10(17)8(14)4-9(7)16/h3-4H,1-2H3. The number of hydrogen-bond acceptors (Lipinski definition) is 3. The number of aryl methyl sites for hydroxylation is 2. The lowest BCUT2D eigenvalue weighted by atomic mass is 10.2. The van der Waals surface area contributed by atoms with Crippen molar-refractivity contribution in [2.45, 2.75) is 13.8 Å². The van der Waals surface area contributed by atoms with Crippen molar-refractivity contribution < 1.29 is 8.78 Å².